The van der Waals surface area contributed by atoms with Gasteiger partial charge >= 0.3 is 0 Å². The fourth-order valence-electron chi connectivity index (χ4n) is 1.22. The quantitative estimate of drug-likeness (QED) is 0.548. The van der Waals surface area contributed by atoms with E-state index in [1.807, 2.05) is 6.92 Å². The predicted molar refractivity (Wildman–Crippen MR) is 61.8 cm³/mol. The van der Waals surface area contributed by atoms with Crippen LogP contribution in [0.1, 0.15) is 18.9 Å². The van der Waals surface area contributed by atoms with Crippen LogP contribution in [-0.4, -0.2) is 12.3 Å². The molecule has 0 aliphatic heterocycles. The molecule has 0 fully saturated rings. The second-order valence-electron chi connectivity index (χ2n) is 3.34. The van der Waals surface area contributed by atoms with Crippen LogP contribution in [0, 0.1) is 4.91 Å². The van der Waals surface area contributed by atoms with E-state index >= 15 is 0 Å². The first-order chi connectivity index (χ1) is 6.76. The van der Waals surface area contributed by atoms with Crippen LogP contribution in [0.25, 0.3) is 0 Å². The highest BCUT2D eigenvalue weighted by molar-refractivity contribution is 7.98. The number of nitroso groups, excluding NO2 is 1. The van der Waals surface area contributed by atoms with E-state index in [0.29, 0.717) is 0 Å². The van der Waals surface area contributed by atoms with Crippen LogP contribution in [0.4, 0.5) is 0 Å². The van der Waals surface area contributed by atoms with Gasteiger partial charge in [0.2, 0.25) is 0 Å². The normalized spacial score (nSPS) is 12.4. The smallest absolute Gasteiger partial charge is 0.0894 e. The third kappa shape index (κ3) is 3.50. The Kier molecular flexibility index (Phi) is 4.66. The van der Waals surface area contributed by atoms with Gasteiger partial charge in [-0.3, -0.25) is 0 Å². The van der Waals surface area contributed by atoms with E-state index in [2.05, 4.69) is 35.7 Å². The van der Waals surface area contributed by atoms with E-state index in [9.17, 15) is 4.91 Å². The summed E-state index contributed by atoms with van der Waals surface area (Å²) < 4.78 is 0. The van der Waals surface area contributed by atoms with Gasteiger partial charge in [0.25, 0.3) is 0 Å². The largest absolute Gasteiger partial charge is 0.151 e. The molecular weight excluding hydrogens is 194 g/mol. The Hall–Kier alpha value is -0.830. The molecule has 1 unspecified atom stereocenters. The summed E-state index contributed by atoms with van der Waals surface area (Å²) in [5.74, 6) is 0. The van der Waals surface area contributed by atoms with Crippen molar-refractivity contribution in [2.75, 3.05) is 6.26 Å². The van der Waals surface area contributed by atoms with Crippen LogP contribution >= 0.6 is 11.8 Å². The summed E-state index contributed by atoms with van der Waals surface area (Å²) >= 11 is 1.74. The summed E-state index contributed by atoms with van der Waals surface area (Å²) in [6.07, 6.45) is 3.83. The van der Waals surface area contributed by atoms with Crippen molar-refractivity contribution in [3.05, 3.63) is 34.7 Å². The lowest BCUT2D eigenvalue weighted by molar-refractivity contribution is 0.663. The van der Waals surface area contributed by atoms with E-state index in [4.69, 9.17) is 0 Å². The summed E-state index contributed by atoms with van der Waals surface area (Å²) in [6.45, 7) is 1.85. The highest BCUT2D eigenvalue weighted by atomic mass is 32.2. The summed E-state index contributed by atoms with van der Waals surface area (Å²) in [5.41, 5.74) is 1.28. The third-order valence-corrected chi connectivity index (χ3v) is 2.93. The van der Waals surface area contributed by atoms with Crippen molar-refractivity contribution < 1.29 is 0 Å². The molecule has 0 N–H and O–H groups in total. The molecular formula is C11H15NOS. The third-order valence-electron chi connectivity index (χ3n) is 2.19. The zero-order valence-electron chi connectivity index (χ0n) is 8.56. The second-order valence-corrected chi connectivity index (χ2v) is 4.22. The Morgan fingerprint density at radius 3 is 2.50 bits per heavy atom. The Morgan fingerprint density at radius 1 is 1.36 bits per heavy atom. The van der Waals surface area contributed by atoms with Crippen molar-refractivity contribution in [3.63, 3.8) is 0 Å². The first-order valence-electron chi connectivity index (χ1n) is 4.71. The van der Waals surface area contributed by atoms with Gasteiger partial charge in [-0.1, -0.05) is 17.3 Å². The Morgan fingerprint density at radius 2 is 2.00 bits per heavy atom. The van der Waals surface area contributed by atoms with Gasteiger partial charge in [0.1, 0.15) is 0 Å². The Balaban J connectivity index is 2.47. The molecule has 0 aromatic heterocycles. The van der Waals surface area contributed by atoms with Crippen molar-refractivity contribution in [1.29, 1.82) is 0 Å². The second kappa shape index (κ2) is 5.81. The van der Waals surface area contributed by atoms with Gasteiger partial charge in [0, 0.05) is 4.90 Å². The lowest BCUT2D eigenvalue weighted by atomic mass is 10.1. The molecule has 76 valence electrons. The molecule has 14 heavy (non-hydrogen) atoms. The number of rotatable bonds is 5. The lowest BCUT2D eigenvalue weighted by Gasteiger charge is -2.03. The van der Waals surface area contributed by atoms with Crippen LogP contribution in [0.2, 0.25) is 0 Å². The molecule has 0 aliphatic rings. The number of aryl methyl sites for hydroxylation is 1. The first kappa shape index (κ1) is 11.2. The first-order valence-corrected chi connectivity index (χ1v) is 5.94. The molecule has 0 saturated heterocycles. The van der Waals surface area contributed by atoms with Crippen molar-refractivity contribution in [2.24, 2.45) is 5.18 Å². The molecule has 0 spiro atoms. The minimum atomic E-state index is -0.0739. The number of thioether (sulfide) groups is 1. The van der Waals surface area contributed by atoms with Gasteiger partial charge in [0.05, 0.1) is 6.04 Å². The number of benzene rings is 1. The molecule has 2 nitrogen and oxygen atoms in total. The topological polar surface area (TPSA) is 29.4 Å². The van der Waals surface area contributed by atoms with Gasteiger partial charge in [-0.25, -0.2) is 0 Å². The van der Waals surface area contributed by atoms with Crippen molar-refractivity contribution in [1.82, 2.24) is 0 Å². The van der Waals surface area contributed by atoms with Crippen LogP contribution in [0.5, 0.6) is 0 Å². The van der Waals surface area contributed by atoms with Crippen LogP contribution in [0.15, 0.2) is 34.3 Å². The van der Waals surface area contributed by atoms with Crippen LogP contribution in [-0.2, 0) is 6.42 Å². The van der Waals surface area contributed by atoms with E-state index in [-0.39, 0.29) is 6.04 Å². The summed E-state index contributed by atoms with van der Waals surface area (Å²) in [6, 6.07) is 8.38. The van der Waals surface area contributed by atoms with Crippen molar-refractivity contribution in [3.8, 4) is 0 Å². The monoisotopic (exact) mass is 209 g/mol. The Bertz CT molecular complexity index is 284. The molecule has 0 saturated carbocycles. The van der Waals surface area contributed by atoms with Crippen molar-refractivity contribution in [2.45, 2.75) is 30.7 Å². The molecule has 0 amide bonds. The maximum Gasteiger partial charge on any atom is 0.0894 e. The molecule has 0 radical (unpaired) electrons. The highest BCUT2D eigenvalue weighted by Gasteiger charge is 2.01. The fraction of sp³-hybridized carbons (Fsp3) is 0.455. The predicted octanol–water partition coefficient (Wildman–Crippen LogP) is 3.50. The molecule has 0 bridgehead atoms. The van der Waals surface area contributed by atoms with E-state index < -0.39 is 0 Å². The maximum absolute atomic E-state index is 10.2. The van der Waals surface area contributed by atoms with E-state index in [0.717, 1.165) is 12.8 Å². The molecule has 1 atom stereocenters. The standard InChI is InChI=1S/C11H15NOS/c1-9(12-13)3-4-10-5-7-11(14-2)8-6-10/h5-9H,3-4H2,1-2H3. The van der Waals surface area contributed by atoms with Crippen LogP contribution in [0.3, 0.4) is 0 Å². The van der Waals surface area contributed by atoms with Crippen LogP contribution < -0.4 is 0 Å². The van der Waals surface area contributed by atoms with Gasteiger partial charge in [-0.15, -0.1) is 11.8 Å². The average molecular weight is 209 g/mol. The van der Waals surface area contributed by atoms with Gasteiger partial charge in [-0.2, -0.15) is 4.91 Å². The molecule has 3 heteroatoms. The van der Waals surface area contributed by atoms with Gasteiger partial charge in [-0.05, 0) is 43.7 Å². The molecule has 0 aliphatic carbocycles. The number of nitrogens with zero attached hydrogens (tertiary/aromatic N) is 1. The van der Waals surface area contributed by atoms with Crippen molar-refractivity contribution >= 4 is 11.8 Å². The lowest BCUT2D eigenvalue weighted by Crippen LogP contribution is -1.98. The molecule has 1 rings (SSSR count). The number of hydrogen-bond acceptors (Lipinski definition) is 3. The fourth-order valence-corrected chi connectivity index (χ4v) is 1.63. The molecule has 1 aromatic rings. The Labute approximate surface area is 89.1 Å². The molecule has 0 heterocycles. The zero-order valence-corrected chi connectivity index (χ0v) is 9.38. The maximum atomic E-state index is 10.2. The average Bonchev–Trinajstić information content (AvgIpc) is 2.26. The number of hydrogen-bond donors (Lipinski definition) is 0. The summed E-state index contributed by atoms with van der Waals surface area (Å²) in [5, 5.41) is 2.98. The summed E-state index contributed by atoms with van der Waals surface area (Å²) in [7, 11) is 0. The van der Waals surface area contributed by atoms with E-state index in [1.165, 1.54) is 10.5 Å². The van der Waals surface area contributed by atoms with E-state index in [1.54, 1.807) is 11.8 Å². The zero-order chi connectivity index (χ0) is 10.4. The minimum absolute atomic E-state index is 0.0739. The summed E-state index contributed by atoms with van der Waals surface area (Å²) in [4.78, 5) is 11.4. The van der Waals surface area contributed by atoms with Gasteiger partial charge in [0.15, 0.2) is 0 Å². The van der Waals surface area contributed by atoms with Gasteiger partial charge < -0.3 is 0 Å². The molecule has 1 aromatic carbocycles. The SMILES string of the molecule is CSc1ccc(CCC(C)N=O)cc1. The highest BCUT2D eigenvalue weighted by Crippen LogP contribution is 2.16. The minimum Gasteiger partial charge on any atom is -0.151 e.